The summed E-state index contributed by atoms with van der Waals surface area (Å²) < 4.78 is 0.975. The molecular formula is C10H12BrN3O2S. The first-order valence-corrected chi connectivity index (χ1v) is 6.49. The summed E-state index contributed by atoms with van der Waals surface area (Å²) in [4.78, 5) is 23.3. The molecule has 0 aliphatic rings. The minimum atomic E-state index is -0.773. The second-order valence-corrected chi connectivity index (χ2v) is 5.96. The van der Waals surface area contributed by atoms with Crippen LogP contribution < -0.4 is 10.7 Å². The van der Waals surface area contributed by atoms with Crippen molar-refractivity contribution < 1.29 is 9.59 Å². The first-order valence-electron chi connectivity index (χ1n) is 4.88. The maximum atomic E-state index is 11.2. The maximum absolute atomic E-state index is 11.2. The summed E-state index contributed by atoms with van der Waals surface area (Å²) in [6.45, 7) is 3.55. The maximum Gasteiger partial charge on any atom is 0.329 e. The van der Waals surface area contributed by atoms with Crippen molar-refractivity contribution in [1.29, 1.82) is 0 Å². The molecule has 0 radical (unpaired) electrons. The van der Waals surface area contributed by atoms with E-state index in [2.05, 4.69) is 31.8 Å². The number of hydrogen-bond donors (Lipinski definition) is 2. The van der Waals surface area contributed by atoms with Crippen LogP contribution in [-0.2, 0) is 9.59 Å². The zero-order chi connectivity index (χ0) is 12.8. The third-order valence-corrected chi connectivity index (χ3v) is 3.14. The van der Waals surface area contributed by atoms with E-state index in [1.807, 2.05) is 12.1 Å². The van der Waals surface area contributed by atoms with Gasteiger partial charge in [0.05, 0.1) is 10.0 Å². The summed E-state index contributed by atoms with van der Waals surface area (Å²) in [7, 11) is 0. The third-order valence-electron chi connectivity index (χ3n) is 1.58. The van der Waals surface area contributed by atoms with Crippen LogP contribution in [0.25, 0.3) is 0 Å². The van der Waals surface area contributed by atoms with Gasteiger partial charge in [-0.25, -0.2) is 5.43 Å². The van der Waals surface area contributed by atoms with E-state index in [1.54, 1.807) is 13.8 Å². The van der Waals surface area contributed by atoms with Gasteiger partial charge in [-0.3, -0.25) is 9.59 Å². The van der Waals surface area contributed by atoms with Crippen molar-refractivity contribution >= 4 is 45.3 Å². The Morgan fingerprint density at radius 1 is 1.41 bits per heavy atom. The Bertz CT molecular complexity index is 443. The topological polar surface area (TPSA) is 70.6 Å². The Kier molecular flexibility index (Phi) is 5.30. The molecule has 5 nitrogen and oxygen atoms in total. The second kappa shape index (κ2) is 6.51. The molecule has 2 amide bonds. The fourth-order valence-corrected chi connectivity index (χ4v) is 2.23. The standard InChI is InChI=1S/C10H12BrN3O2S/c1-6(2)13-9(15)10(16)14-12-5-7-3-4-8(11)17-7/h3-6H,1-2H3,(H,13,15)(H,14,16)/b12-5-. The zero-order valence-corrected chi connectivity index (χ0v) is 11.8. The molecule has 1 aromatic heterocycles. The van der Waals surface area contributed by atoms with Crippen LogP contribution in [0.15, 0.2) is 21.0 Å². The number of carbonyl (C=O) groups is 2. The van der Waals surface area contributed by atoms with E-state index in [-0.39, 0.29) is 6.04 Å². The van der Waals surface area contributed by atoms with Crippen molar-refractivity contribution in [2.75, 3.05) is 0 Å². The zero-order valence-electron chi connectivity index (χ0n) is 9.36. The van der Waals surface area contributed by atoms with E-state index in [0.717, 1.165) is 8.66 Å². The van der Waals surface area contributed by atoms with E-state index < -0.39 is 11.8 Å². The second-order valence-electron chi connectivity index (χ2n) is 3.47. The van der Waals surface area contributed by atoms with Gasteiger partial charge in [0.2, 0.25) is 0 Å². The van der Waals surface area contributed by atoms with Gasteiger partial charge < -0.3 is 5.32 Å². The highest BCUT2D eigenvalue weighted by Crippen LogP contribution is 2.20. The van der Waals surface area contributed by atoms with Crippen LogP contribution in [0.5, 0.6) is 0 Å². The number of thiophene rings is 1. The first kappa shape index (κ1) is 13.9. The monoisotopic (exact) mass is 317 g/mol. The predicted octanol–water partition coefficient (Wildman–Crippen LogP) is 1.49. The summed E-state index contributed by atoms with van der Waals surface area (Å²) in [6, 6.07) is 3.64. The highest BCUT2D eigenvalue weighted by Gasteiger charge is 2.12. The lowest BCUT2D eigenvalue weighted by Gasteiger charge is -2.05. The number of nitrogens with zero attached hydrogens (tertiary/aromatic N) is 1. The third kappa shape index (κ3) is 5.10. The van der Waals surface area contributed by atoms with Crippen molar-refractivity contribution in [3.63, 3.8) is 0 Å². The van der Waals surface area contributed by atoms with Crippen LogP contribution in [0.3, 0.4) is 0 Å². The average Bonchev–Trinajstić information content (AvgIpc) is 2.63. The van der Waals surface area contributed by atoms with Gasteiger partial charge in [-0.15, -0.1) is 11.3 Å². The van der Waals surface area contributed by atoms with Crippen molar-refractivity contribution in [1.82, 2.24) is 10.7 Å². The van der Waals surface area contributed by atoms with Crippen molar-refractivity contribution in [2.24, 2.45) is 5.10 Å². The number of carbonyl (C=O) groups excluding carboxylic acids is 2. The molecule has 17 heavy (non-hydrogen) atoms. The van der Waals surface area contributed by atoms with E-state index in [9.17, 15) is 9.59 Å². The number of halogens is 1. The number of hydrogen-bond acceptors (Lipinski definition) is 4. The summed E-state index contributed by atoms with van der Waals surface area (Å²) in [5.74, 6) is -1.46. The van der Waals surface area contributed by atoms with Crippen LogP contribution in [0.1, 0.15) is 18.7 Å². The molecule has 1 rings (SSSR count). The lowest BCUT2D eigenvalue weighted by atomic mass is 10.4. The molecule has 92 valence electrons. The first-order chi connectivity index (χ1) is 7.99. The lowest BCUT2D eigenvalue weighted by Crippen LogP contribution is -2.41. The van der Waals surface area contributed by atoms with Gasteiger partial charge in [0, 0.05) is 10.9 Å². The van der Waals surface area contributed by atoms with Gasteiger partial charge in [0.25, 0.3) is 0 Å². The Morgan fingerprint density at radius 3 is 2.65 bits per heavy atom. The number of rotatable bonds is 3. The van der Waals surface area contributed by atoms with Crippen LogP contribution >= 0.6 is 27.3 Å². The van der Waals surface area contributed by atoms with Crippen LogP contribution in [-0.4, -0.2) is 24.1 Å². The van der Waals surface area contributed by atoms with Crippen LogP contribution in [0.4, 0.5) is 0 Å². The molecule has 2 N–H and O–H groups in total. The molecule has 0 fully saturated rings. The van der Waals surface area contributed by atoms with Gasteiger partial charge >= 0.3 is 11.8 Å². The summed E-state index contributed by atoms with van der Waals surface area (Å²) in [6.07, 6.45) is 1.48. The number of hydrazone groups is 1. The smallest absolute Gasteiger partial charge is 0.329 e. The van der Waals surface area contributed by atoms with Crippen molar-refractivity contribution in [2.45, 2.75) is 19.9 Å². The molecule has 0 spiro atoms. The minimum Gasteiger partial charge on any atom is -0.346 e. The lowest BCUT2D eigenvalue weighted by molar-refractivity contribution is -0.139. The molecule has 0 unspecified atom stereocenters. The van der Waals surface area contributed by atoms with Gasteiger partial charge in [-0.1, -0.05) is 0 Å². The molecule has 1 aromatic rings. The molecular weight excluding hydrogens is 306 g/mol. The van der Waals surface area contributed by atoms with Gasteiger partial charge in [-0.05, 0) is 41.9 Å². The van der Waals surface area contributed by atoms with E-state index in [0.29, 0.717) is 0 Å². The van der Waals surface area contributed by atoms with Crippen LogP contribution in [0.2, 0.25) is 0 Å². The highest BCUT2D eigenvalue weighted by atomic mass is 79.9. The Morgan fingerprint density at radius 2 is 2.12 bits per heavy atom. The molecule has 0 aliphatic heterocycles. The van der Waals surface area contributed by atoms with Gasteiger partial charge in [0.1, 0.15) is 0 Å². The fraction of sp³-hybridized carbons (Fsp3) is 0.300. The Hall–Kier alpha value is -1.21. The predicted molar refractivity (Wildman–Crippen MR) is 71.0 cm³/mol. The van der Waals surface area contributed by atoms with E-state index >= 15 is 0 Å². The highest BCUT2D eigenvalue weighted by molar-refractivity contribution is 9.11. The molecule has 1 heterocycles. The SMILES string of the molecule is CC(C)NC(=O)C(=O)N/N=C\c1ccc(Br)s1. The summed E-state index contributed by atoms with van der Waals surface area (Å²) >= 11 is 4.78. The molecule has 0 saturated carbocycles. The van der Waals surface area contributed by atoms with Crippen molar-refractivity contribution in [3.05, 3.63) is 20.8 Å². The number of amides is 2. The normalized spacial score (nSPS) is 10.8. The van der Waals surface area contributed by atoms with E-state index in [1.165, 1.54) is 17.6 Å². The quantitative estimate of drug-likeness (QED) is 0.503. The average molecular weight is 318 g/mol. The number of nitrogens with one attached hydrogen (secondary N) is 2. The van der Waals surface area contributed by atoms with Gasteiger partial charge in [-0.2, -0.15) is 5.10 Å². The summed E-state index contributed by atoms with van der Waals surface area (Å²) in [5, 5.41) is 6.15. The molecule has 0 atom stereocenters. The fourth-order valence-electron chi connectivity index (χ4n) is 0.931. The molecule has 0 aromatic carbocycles. The molecule has 0 saturated heterocycles. The molecule has 7 heteroatoms. The summed E-state index contributed by atoms with van der Waals surface area (Å²) in [5.41, 5.74) is 2.16. The van der Waals surface area contributed by atoms with Gasteiger partial charge in [0.15, 0.2) is 0 Å². The minimum absolute atomic E-state index is 0.0783. The Labute approximate surface area is 111 Å². The van der Waals surface area contributed by atoms with Crippen LogP contribution in [0, 0.1) is 0 Å². The molecule has 0 aliphatic carbocycles. The van der Waals surface area contributed by atoms with Crippen molar-refractivity contribution in [3.8, 4) is 0 Å². The largest absolute Gasteiger partial charge is 0.346 e. The molecule has 0 bridgehead atoms. The van der Waals surface area contributed by atoms with E-state index in [4.69, 9.17) is 0 Å². The Balaban J connectivity index is 2.42.